The summed E-state index contributed by atoms with van der Waals surface area (Å²) in [5, 5.41) is 8.53. The standard InChI is InChI=1S/C9H8BrFO2.C8H6BrFO2.C2H6/c1-5-3-6(9(12)13-2)8(11)4-7(5)10;1-4-2-5(8(11)12)7(10)3-6(4)9;1-2/h3-4H,1-2H3;2-3H,1H3,(H,11,12);1-2H3. The molecule has 0 aliphatic rings. The number of aryl methyl sites for hydroxylation is 2. The third-order valence-electron chi connectivity index (χ3n) is 3.13. The summed E-state index contributed by atoms with van der Waals surface area (Å²) in [6.07, 6.45) is 0. The van der Waals surface area contributed by atoms with Crippen LogP contribution >= 0.6 is 31.9 Å². The van der Waals surface area contributed by atoms with Crippen LogP contribution in [0.3, 0.4) is 0 Å². The minimum atomic E-state index is -1.25. The highest BCUT2D eigenvalue weighted by Gasteiger charge is 2.13. The van der Waals surface area contributed by atoms with Gasteiger partial charge in [0.05, 0.1) is 18.2 Å². The number of methoxy groups -OCH3 is 1. The van der Waals surface area contributed by atoms with E-state index in [1.54, 1.807) is 13.8 Å². The fraction of sp³-hybridized carbons (Fsp3) is 0.263. The maximum atomic E-state index is 13.1. The molecule has 8 heteroatoms. The fourth-order valence-electron chi connectivity index (χ4n) is 1.74. The number of aromatic carboxylic acids is 1. The molecule has 2 aromatic rings. The first-order chi connectivity index (χ1) is 12.6. The maximum Gasteiger partial charge on any atom is 0.340 e. The lowest BCUT2D eigenvalue weighted by atomic mass is 10.1. The third kappa shape index (κ3) is 7.38. The van der Waals surface area contributed by atoms with Gasteiger partial charge in [0.1, 0.15) is 11.6 Å². The molecule has 0 aliphatic heterocycles. The van der Waals surface area contributed by atoms with E-state index < -0.39 is 23.6 Å². The second-order valence-electron chi connectivity index (χ2n) is 4.96. The molecule has 0 atom stereocenters. The van der Waals surface area contributed by atoms with Crippen molar-refractivity contribution in [2.24, 2.45) is 0 Å². The molecule has 27 heavy (non-hydrogen) atoms. The normalized spacial score (nSPS) is 9.37. The summed E-state index contributed by atoms with van der Waals surface area (Å²) >= 11 is 6.26. The van der Waals surface area contributed by atoms with Crippen LogP contribution in [-0.4, -0.2) is 24.2 Å². The molecule has 0 aliphatic carbocycles. The van der Waals surface area contributed by atoms with Crippen molar-refractivity contribution < 1.29 is 28.2 Å². The topological polar surface area (TPSA) is 63.6 Å². The predicted molar refractivity (Wildman–Crippen MR) is 107 cm³/mol. The van der Waals surface area contributed by atoms with E-state index in [4.69, 9.17) is 5.11 Å². The van der Waals surface area contributed by atoms with E-state index in [0.717, 1.165) is 11.6 Å². The lowest BCUT2D eigenvalue weighted by molar-refractivity contribution is 0.0594. The fourth-order valence-corrected chi connectivity index (χ4v) is 2.38. The number of esters is 1. The number of benzene rings is 2. The zero-order valence-electron chi connectivity index (χ0n) is 15.5. The minimum Gasteiger partial charge on any atom is -0.478 e. The van der Waals surface area contributed by atoms with Crippen molar-refractivity contribution in [3.8, 4) is 0 Å². The van der Waals surface area contributed by atoms with Gasteiger partial charge in [-0.25, -0.2) is 18.4 Å². The summed E-state index contributed by atoms with van der Waals surface area (Å²) < 4.78 is 31.6. The minimum absolute atomic E-state index is 0.0387. The quantitative estimate of drug-likeness (QED) is 0.482. The monoisotopic (exact) mass is 508 g/mol. The Balaban J connectivity index is 0.000000460. The van der Waals surface area contributed by atoms with Crippen LogP contribution in [0.15, 0.2) is 33.2 Å². The molecular weight excluding hydrogens is 490 g/mol. The molecule has 0 bridgehead atoms. The number of carbonyl (C=O) groups excluding carboxylic acids is 1. The second kappa shape index (κ2) is 11.8. The van der Waals surface area contributed by atoms with Crippen LogP contribution in [0.2, 0.25) is 0 Å². The largest absolute Gasteiger partial charge is 0.478 e. The molecule has 0 saturated heterocycles. The first-order valence-corrected chi connectivity index (χ1v) is 9.40. The van der Waals surface area contributed by atoms with Crippen LogP contribution in [0.5, 0.6) is 0 Å². The molecular formula is C19H20Br2F2O4. The van der Waals surface area contributed by atoms with Crippen molar-refractivity contribution in [1.29, 1.82) is 0 Å². The van der Waals surface area contributed by atoms with Gasteiger partial charge in [0.2, 0.25) is 0 Å². The number of hydrogen-bond acceptors (Lipinski definition) is 3. The van der Waals surface area contributed by atoms with Crippen molar-refractivity contribution in [1.82, 2.24) is 0 Å². The molecule has 0 aromatic heterocycles. The summed E-state index contributed by atoms with van der Waals surface area (Å²) in [5.74, 6) is -3.21. The van der Waals surface area contributed by atoms with Gasteiger partial charge in [-0.15, -0.1) is 0 Å². The molecule has 1 N–H and O–H groups in total. The Morgan fingerprint density at radius 1 is 0.889 bits per heavy atom. The van der Waals surface area contributed by atoms with Crippen molar-refractivity contribution >= 4 is 43.8 Å². The van der Waals surface area contributed by atoms with Gasteiger partial charge in [-0.1, -0.05) is 45.7 Å². The van der Waals surface area contributed by atoms with Gasteiger partial charge < -0.3 is 9.84 Å². The van der Waals surface area contributed by atoms with Gasteiger partial charge in [-0.3, -0.25) is 0 Å². The van der Waals surface area contributed by atoms with E-state index in [1.807, 2.05) is 13.8 Å². The van der Waals surface area contributed by atoms with E-state index in [0.29, 0.717) is 14.5 Å². The first kappa shape index (κ1) is 25.2. The number of hydrogen-bond donors (Lipinski definition) is 1. The van der Waals surface area contributed by atoms with Crippen LogP contribution in [0.1, 0.15) is 45.7 Å². The Morgan fingerprint density at radius 3 is 1.63 bits per heavy atom. The zero-order chi connectivity index (χ0) is 21.3. The van der Waals surface area contributed by atoms with Crippen LogP contribution in [0, 0.1) is 25.5 Å². The Kier molecular flexibility index (Phi) is 11.0. The van der Waals surface area contributed by atoms with E-state index in [9.17, 15) is 18.4 Å². The van der Waals surface area contributed by atoms with Crippen LogP contribution in [-0.2, 0) is 4.74 Å². The predicted octanol–water partition coefficient (Wildman–Crippen LogP) is 6.30. The number of carboxylic acid groups (broad SMARTS) is 1. The number of carbonyl (C=O) groups is 2. The number of halogens is 4. The van der Waals surface area contributed by atoms with Gasteiger partial charge in [-0.05, 0) is 49.2 Å². The Labute approximate surface area is 173 Å². The molecule has 2 rings (SSSR count). The average Bonchev–Trinajstić information content (AvgIpc) is 2.62. The molecule has 148 valence electrons. The highest BCUT2D eigenvalue weighted by molar-refractivity contribution is 9.10. The molecule has 0 saturated carbocycles. The van der Waals surface area contributed by atoms with Crippen molar-refractivity contribution in [2.75, 3.05) is 7.11 Å². The molecule has 0 fully saturated rings. The number of ether oxygens (including phenoxy) is 1. The summed E-state index contributed by atoms with van der Waals surface area (Å²) in [6.45, 7) is 7.48. The van der Waals surface area contributed by atoms with Crippen molar-refractivity contribution in [2.45, 2.75) is 27.7 Å². The molecule has 0 heterocycles. The third-order valence-corrected chi connectivity index (χ3v) is 4.84. The van der Waals surface area contributed by atoms with E-state index in [-0.39, 0.29) is 11.1 Å². The second-order valence-corrected chi connectivity index (χ2v) is 6.67. The van der Waals surface area contributed by atoms with Gasteiger partial charge in [0.25, 0.3) is 0 Å². The SMILES string of the molecule is CC.COC(=O)c1cc(C)c(Br)cc1F.Cc1cc(C(=O)O)c(F)cc1Br. The van der Waals surface area contributed by atoms with Crippen LogP contribution in [0.25, 0.3) is 0 Å². The smallest absolute Gasteiger partial charge is 0.340 e. The first-order valence-electron chi connectivity index (χ1n) is 7.81. The van der Waals surface area contributed by atoms with E-state index >= 15 is 0 Å². The highest BCUT2D eigenvalue weighted by Crippen LogP contribution is 2.21. The molecule has 0 unspecified atom stereocenters. The molecule has 0 spiro atoms. The van der Waals surface area contributed by atoms with Gasteiger partial charge in [0.15, 0.2) is 0 Å². The summed E-state index contributed by atoms with van der Waals surface area (Å²) in [7, 11) is 1.22. The van der Waals surface area contributed by atoms with Crippen LogP contribution in [0.4, 0.5) is 8.78 Å². The summed E-state index contributed by atoms with van der Waals surface area (Å²) in [4.78, 5) is 21.5. The van der Waals surface area contributed by atoms with E-state index in [1.165, 1.54) is 25.3 Å². The Hall–Kier alpha value is -1.80. The number of carboxylic acids is 1. The van der Waals surface area contributed by atoms with Gasteiger partial charge in [0, 0.05) is 8.95 Å². The lowest BCUT2D eigenvalue weighted by Gasteiger charge is -2.03. The number of rotatable bonds is 2. The van der Waals surface area contributed by atoms with Gasteiger partial charge in [-0.2, -0.15) is 0 Å². The molecule has 0 amide bonds. The average molecular weight is 510 g/mol. The molecule has 2 aromatic carbocycles. The lowest BCUT2D eigenvalue weighted by Crippen LogP contribution is -2.04. The van der Waals surface area contributed by atoms with Crippen LogP contribution < -0.4 is 0 Å². The van der Waals surface area contributed by atoms with Crippen molar-refractivity contribution in [3.05, 3.63) is 67.1 Å². The Morgan fingerprint density at radius 2 is 1.26 bits per heavy atom. The Bertz CT molecular complexity index is 824. The van der Waals surface area contributed by atoms with Crippen molar-refractivity contribution in [3.63, 3.8) is 0 Å². The van der Waals surface area contributed by atoms with Gasteiger partial charge >= 0.3 is 11.9 Å². The highest BCUT2D eigenvalue weighted by atomic mass is 79.9. The molecule has 0 radical (unpaired) electrons. The van der Waals surface area contributed by atoms with E-state index in [2.05, 4.69) is 36.6 Å². The maximum absolute atomic E-state index is 13.1. The molecule has 4 nitrogen and oxygen atoms in total. The zero-order valence-corrected chi connectivity index (χ0v) is 18.7. The summed E-state index contributed by atoms with van der Waals surface area (Å²) in [6, 6.07) is 5.15. The summed E-state index contributed by atoms with van der Waals surface area (Å²) in [5.41, 5.74) is 1.16.